The summed E-state index contributed by atoms with van der Waals surface area (Å²) < 4.78 is 0. The Bertz CT molecular complexity index is 878. The van der Waals surface area contributed by atoms with Crippen LogP contribution in [0, 0.1) is 6.92 Å². The van der Waals surface area contributed by atoms with Gasteiger partial charge in [-0.3, -0.25) is 4.79 Å². The number of hydrogen-bond acceptors (Lipinski definition) is 3. The molecule has 0 aliphatic rings. The maximum absolute atomic E-state index is 12.3. The lowest BCUT2D eigenvalue weighted by atomic mass is 10.1. The molecule has 4 nitrogen and oxygen atoms in total. The summed E-state index contributed by atoms with van der Waals surface area (Å²) in [5.41, 5.74) is 3.24. The number of carbonyl (C=O) groups is 1. The summed E-state index contributed by atoms with van der Waals surface area (Å²) in [5.74, 6) is 0.575. The van der Waals surface area contributed by atoms with Crippen LogP contribution < -0.4 is 10.6 Å². The molecule has 1 heterocycles. The number of amides is 1. The van der Waals surface area contributed by atoms with Gasteiger partial charge in [0, 0.05) is 17.1 Å². The van der Waals surface area contributed by atoms with Crippen LogP contribution in [0.3, 0.4) is 0 Å². The Morgan fingerprint density at radius 1 is 1.04 bits per heavy atom. The number of pyridine rings is 1. The second kappa shape index (κ2) is 7.81. The van der Waals surface area contributed by atoms with Crippen molar-refractivity contribution >= 4 is 29.0 Å². The molecule has 0 radical (unpaired) electrons. The van der Waals surface area contributed by atoms with Crippen molar-refractivity contribution in [3.8, 4) is 0 Å². The van der Waals surface area contributed by atoms with Crippen LogP contribution in [0.4, 0.5) is 11.5 Å². The number of carbonyl (C=O) groups excluding carboxylic acids is 1. The van der Waals surface area contributed by atoms with Gasteiger partial charge in [-0.05, 0) is 42.3 Å². The highest BCUT2D eigenvalue weighted by atomic mass is 35.5. The molecule has 0 unspecified atom stereocenters. The molecule has 0 saturated carbocycles. The molecule has 2 N–H and O–H groups in total. The molecule has 0 spiro atoms. The SMILES string of the molecule is Cc1ccccc1C(=O)Nc1ccc(NCc2ccccc2Cl)nc1. The Morgan fingerprint density at radius 3 is 2.52 bits per heavy atom. The number of halogens is 1. The lowest BCUT2D eigenvalue weighted by Gasteiger charge is -2.09. The van der Waals surface area contributed by atoms with E-state index in [0.717, 1.165) is 16.1 Å². The average molecular weight is 352 g/mol. The van der Waals surface area contributed by atoms with Crippen molar-refractivity contribution in [2.45, 2.75) is 13.5 Å². The van der Waals surface area contributed by atoms with Gasteiger partial charge in [-0.2, -0.15) is 0 Å². The Morgan fingerprint density at radius 2 is 1.80 bits per heavy atom. The van der Waals surface area contributed by atoms with Crippen LogP contribution in [-0.2, 0) is 6.54 Å². The van der Waals surface area contributed by atoms with E-state index in [-0.39, 0.29) is 5.91 Å². The van der Waals surface area contributed by atoms with E-state index in [9.17, 15) is 4.79 Å². The Labute approximate surface area is 151 Å². The first kappa shape index (κ1) is 17.0. The number of aromatic nitrogens is 1. The first-order valence-electron chi connectivity index (χ1n) is 7.94. The molecule has 0 aliphatic carbocycles. The number of hydrogen-bond donors (Lipinski definition) is 2. The standard InChI is InChI=1S/C20H18ClN3O/c1-14-6-2-4-8-17(14)20(25)24-16-10-11-19(23-13-16)22-12-15-7-3-5-9-18(15)21/h2-11,13H,12H2,1H3,(H,22,23)(H,24,25). The predicted molar refractivity (Wildman–Crippen MR) is 102 cm³/mol. The van der Waals surface area contributed by atoms with Gasteiger partial charge in [-0.1, -0.05) is 48.0 Å². The van der Waals surface area contributed by atoms with E-state index in [1.165, 1.54) is 0 Å². The summed E-state index contributed by atoms with van der Waals surface area (Å²) in [4.78, 5) is 16.6. The smallest absolute Gasteiger partial charge is 0.255 e. The highest BCUT2D eigenvalue weighted by Gasteiger charge is 2.08. The fourth-order valence-electron chi connectivity index (χ4n) is 2.43. The van der Waals surface area contributed by atoms with Gasteiger partial charge in [0.25, 0.3) is 5.91 Å². The van der Waals surface area contributed by atoms with Crippen LogP contribution in [0.5, 0.6) is 0 Å². The van der Waals surface area contributed by atoms with Crippen LogP contribution in [0.1, 0.15) is 21.5 Å². The zero-order valence-corrected chi connectivity index (χ0v) is 14.5. The third kappa shape index (κ3) is 4.37. The summed E-state index contributed by atoms with van der Waals surface area (Å²) in [6.45, 7) is 2.50. The molecule has 0 aliphatic heterocycles. The van der Waals surface area contributed by atoms with Gasteiger partial charge in [0.05, 0.1) is 11.9 Å². The molecular weight excluding hydrogens is 334 g/mol. The summed E-state index contributed by atoms with van der Waals surface area (Å²) in [6.07, 6.45) is 1.63. The molecule has 1 aromatic heterocycles. The van der Waals surface area contributed by atoms with E-state index < -0.39 is 0 Å². The molecule has 2 aromatic carbocycles. The number of aryl methyl sites for hydroxylation is 1. The minimum atomic E-state index is -0.142. The van der Waals surface area contributed by atoms with Crippen LogP contribution in [0.2, 0.25) is 5.02 Å². The minimum absolute atomic E-state index is 0.142. The number of anilines is 2. The monoisotopic (exact) mass is 351 g/mol. The van der Waals surface area contributed by atoms with Gasteiger partial charge in [-0.15, -0.1) is 0 Å². The normalized spacial score (nSPS) is 10.3. The summed E-state index contributed by atoms with van der Waals surface area (Å²) in [5, 5.41) is 6.79. The molecule has 0 saturated heterocycles. The van der Waals surface area contributed by atoms with Crippen molar-refractivity contribution in [2.24, 2.45) is 0 Å². The van der Waals surface area contributed by atoms with Crippen LogP contribution in [0.15, 0.2) is 66.9 Å². The quantitative estimate of drug-likeness (QED) is 0.686. The van der Waals surface area contributed by atoms with Gasteiger partial charge >= 0.3 is 0 Å². The molecule has 126 valence electrons. The van der Waals surface area contributed by atoms with E-state index in [1.54, 1.807) is 12.3 Å². The van der Waals surface area contributed by atoms with Crippen molar-refractivity contribution < 1.29 is 4.79 Å². The Hall–Kier alpha value is -2.85. The fraction of sp³-hybridized carbons (Fsp3) is 0.100. The van der Waals surface area contributed by atoms with Gasteiger partial charge in [0.2, 0.25) is 0 Å². The van der Waals surface area contributed by atoms with Crippen molar-refractivity contribution in [2.75, 3.05) is 10.6 Å². The average Bonchev–Trinajstić information content (AvgIpc) is 2.62. The molecular formula is C20H18ClN3O. The summed E-state index contributed by atoms with van der Waals surface area (Å²) >= 11 is 6.14. The van der Waals surface area contributed by atoms with E-state index in [1.807, 2.05) is 61.5 Å². The minimum Gasteiger partial charge on any atom is -0.366 e. The number of benzene rings is 2. The maximum Gasteiger partial charge on any atom is 0.255 e. The predicted octanol–water partition coefficient (Wildman–Crippen LogP) is 4.91. The van der Waals surface area contributed by atoms with Gasteiger partial charge < -0.3 is 10.6 Å². The van der Waals surface area contributed by atoms with Gasteiger partial charge in [0.15, 0.2) is 0 Å². The summed E-state index contributed by atoms with van der Waals surface area (Å²) in [6, 6.07) is 18.8. The first-order valence-corrected chi connectivity index (χ1v) is 8.31. The van der Waals surface area contributed by atoms with Crippen molar-refractivity contribution in [3.63, 3.8) is 0 Å². The number of nitrogens with one attached hydrogen (secondary N) is 2. The third-order valence-corrected chi connectivity index (χ3v) is 4.20. The first-order chi connectivity index (χ1) is 12.1. The van der Waals surface area contributed by atoms with Crippen LogP contribution in [-0.4, -0.2) is 10.9 Å². The second-order valence-corrected chi connectivity index (χ2v) is 6.05. The third-order valence-electron chi connectivity index (χ3n) is 3.83. The van der Waals surface area contributed by atoms with Gasteiger partial charge in [-0.25, -0.2) is 4.98 Å². The van der Waals surface area contributed by atoms with Crippen molar-refractivity contribution in [1.82, 2.24) is 4.98 Å². The Kier molecular flexibility index (Phi) is 5.31. The largest absolute Gasteiger partial charge is 0.366 e. The summed E-state index contributed by atoms with van der Waals surface area (Å²) in [7, 11) is 0. The zero-order valence-electron chi connectivity index (χ0n) is 13.8. The topological polar surface area (TPSA) is 54.0 Å². The molecule has 0 fully saturated rings. The lowest BCUT2D eigenvalue weighted by Crippen LogP contribution is -2.13. The molecule has 0 bridgehead atoms. The highest BCUT2D eigenvalue weighted by Crippen LogP contribution is 2.17. The maximum atomic E-state index is 12.3. The molecule has 0 atom stereocenters. The van der Waals surface area contributed by atoms with E-state index in [4.69, 9.17) is 11.6 Å². The van der Waals surface area contributed by atoms with Crippen LogP contribution in [0.25, 0.3) is 0 Å². The van der Waals surface area contributed by atoms with Gasteiger partial charge in [0.1, 0.15) is 5.82 Å². The number of nitrogens with zero attached hydrogens (tertiary/aromatic N) is 1. The number of rotatable bonds is 5. The molecule has 25 heavy (non-hydrogen) atoms. The molecule has 3 aromatic rings. The van der Waals surface area contributed by atoms with E-state index >= 15 is 0 Å². The van der Waals surface area contributed by atoms with Crippen molar-refractivity contribution in [1.29, 1.82) is 0 Å². The van der Waals surface area contributed by atoms with Crippen molar-refractivity contribution in [3.05, 3.63) is 88.6 Å². The zero-order chi connectivity index (χ0) is 17.6. The van der Waals surface area contributed by atoms with Crippen LogP contribution >= 0.6 is 11.6 Å². The van der Waals surface area contributed by atoms with E-state index in [2.05, 4.69) is 15.6 Å². The molecule has 1 amide bonds. The van der Waals surface area contributed by atoms with E-state index in [0.29, 0.717) is 23.6 Å². The Balaban J connectivity index is 1.62. The second-order valence-electron chi connectivity index (χ2n) is 5.65. The highest BCUT2D eigenvalue weighted by molar-refractivity contribution is 6.31. The molecule has 5 heteroatoms. The lowest BCUT2D eigenvalue weighted by molar-refractivity contribution is 0.102. The molecule has 3 rings (SSSR count). The fourth-order valence-corrected chi connectivity index (χ4v) is 2.63.